The summed E-state index contributed by atoms with van der Waals surface area (Å²) < 4.78 is 1.63. The van der Waals surface area contributed by atoms with Crippen molar-refractivity contribution in [1.29, 1.82) is 0 Å². The van der Waals surface area contributed by atoms with Crippen molar-refractivity contribution in [2.24, 2.45) is 0 Å². The average molecular weight is 426 g/mol. The molecule has 7 heteroatoms. The van der Waals surface area contributed by atoms with Crippen LogP contribution < -0.4 is 5.32 Å². The first-order valence-corrected chi connectivity index (χ1v) is 10.8. The van der Waals surface area contributed by atoms with Crippen LogP contribution in [0.3, 0.4) is 0 Å². The molecule has 0 saturated heterocycles. The second kappa shape index (κ2) is 8.12. The Morgan fingerprint density at radius 2 is 1.97 bits per heavy atom. The van der Waals surface area contributed by atoms with Crippen molar-refractivity contribution in [3.05, 3.63) is 95.3 Å². The Morgan fingerprint density at radius 1 is 1.03 bits per heavy atom. The number of carbonyl (C=O) groups is 1. The Balaban J connectivity index is 1.61. The molecule has 0 unspecified atom stereocenters. The van der Waals surface area contributed by atoms with E-state index in [-0.39, 0.29) is 5.91 Å². The van der Waals surface area contributed by atoms with Crippen LogP contribution in [-0.2, 0) is 6.54 Å². The molecule has 5 rings (SSSR count). The number of aromatic nitrogens is 4. The van der Waals surface area contributed by atoms with E-state index in [1.807, 2.05) is 66.9 Å². The van der Waals surface area contributed by atoms with Crippen molar-refractivity contribution in [3.63, 3.8) is 0 Å². The van der Waals surface area contributed by atoms with Crippen molar-refractivity contribution >= 4 is 28.3 Å². The van der Waals surface area contributed by atoms with Crippen molar-refractivity contribution in [2.45, 2.75) is 13.5 Å². The predicted octanol–water partition coefficient (Wildman–Crippen LogP) is 4.78. The number of fused-ring (bicyclic) bond motifs is 1. The summed E-state index contributed by atoms with van der Waals surface area (Å²) in [4.78, 5) is 23.3. The van der Waals surface area contributed by atoms with E-state index in [2.05, 4.69) is 26.4 Å². The number of carbonyl (C=O) groups excluding carboxylic acids is 1. The summed E-state index contributed by atoms with van der Waals surface area (Å²) in [6, 6.07) is 19.6. The molecule has 0 aliphatic heterocycles. The van der Waals surface area contributed by atoms with E-state index >= 15 is 0 Å². The number of amides is 1. The van der Waals surface area contributed by atoms with Gasteiger partial charge in [-0.15, -0.1) is 11.3 Å². The third-order valence-corrected chi connectivity index (χ3v) is 5.88. The molecule has 0 aliphatic rings. The minimum atomic E-state index is -0.244. The molecule has 1 amide bonds. The van der Waals surface area contributed by atoms with Crippen molar-refractivity contribution in [2.75, 3.05) is 0 Å². The highest BCUT2D eigenvalue weighted by molar-refractivity contribution is 7.13. The second-order valence-corrected chi connectivity index (χ2v) is 8.10. The summed E-state index contributed by atoms with van der Waals surface area (Å²) in [6.07, 6.45) is 3.44. The van der Waals surface area contributed by atoms with Gasteiger partial charge in [0.05, 0.1) is 5.39 Å². The lowest BCUT2D eigenvalue weighted by Crippen LogP contribution is -2.23. The Hall–Kier alpha value is -3.84. The van der Waals surface area contributed by atoms with Gasteiger partial charge >= 0.3 is 0 Å². The number of thiophene rings is 1. The largest absolute Gasteiger partial charge is 0.347 e. The summed E-state index contributed by atoms with van der Waals surface area (Å²) in [5, 5.41) is 10.4. The summed E-state index contributed by atoms with van der Waals surface area (Å²) in [5.74, 6) is 0.369. The summed E-state index contributed by atoms with van der Waals surface area (Å²) >= 11 is 1.62. The maximum Gasteiger partial charge on any atom is 0.272 e. The van der Waals surface area contributed by atoms with Crippen LogP contribution in [0.5, 0.6) is 0 Å². The van der Waals surface area contributed by atoms with E-state index in [9.17, 15) is 4.79 Å². The van der Waals surface area contributed by atoms with Gasteiger partial charge in [-0.05, 0) is 42.1 Å². The summed E-state index contributed by atoms with van der Waals surface area (Å²) in [5.41, 5.74) is 4.07. The molecule has 1 N–H and O–H groups in total. The quantitative estimate of drug-likeness (QED) is 0.440. The van der Waals surface area contributed by atoms with Crippen LogP contribution in [0.1, 0.15) is 21.6 Å². The molecule has 31 heavy (non-hydrogen) atoms. The maximum absolute atomic E-state index is 13.3. The molecular formula is C24H19N5OS. The fourth-order valence-electron chi connectivity index (χ4n) is 3.57. The van der Waals surface area contributed by atoms with Gasteiger partial charge in [0.15, 0.2) is 17.2 Å². The number of nitrogens with one attached hydrogen (secondary N) is 1. The normalized spacial score (nSPS) is 11.0. The van der Waals surface area contributed by atoms with Crippen molar-refractivity contribution < 1.29 is 4.79 Å². The van der Waals surface area contributed by atoms with Gasteiger partial charge in [0.25, 0.3) is 5.91 Å². The Labute approximate surface area is 183 Å². The zero-order chi connectivity index (χ0) is 21.2. The summed E-state index contributed by atoms with van der Waals surface area (Å²) in [6.45, 7) is 2.46. The molecule has 0 atom stereocenters. The fourth-order valence-corrected chi connectivity index (χ4v) is 4.32. The molecule has 0 bridgehead atoms. The molecule has 4 aromatic heterocycles. The van der Waals surface area contributed by atoms with Crippen LogP contribution in [0, 0.1) is 6.92 Å². The first-order valence-electron chi connectivity index (χ1n) is 9.87. The number of rotatable bonds is 5. The third kappa shape index (κ3) is 3.71. The highest BCUT2D eigenvalue weighted by Crippen LogP contribution is 2.33. The highest BCUT2D eigenvalue weighted by Gasteiger charge is 2.23. The molecule has 4 heterocycles. The van der Waals surface area contributed by atoms with Gasteiger partial charge in [-0.25, -0.2) is 9.97 Å². The second-order valence-electron chi connectivity index (χ2n) is 7.15. The van der Waals surface area contributed by atoms with Gasteiger partial charge in [-0.2, -0.15) is 9.78 Å². The minimum absolute atomic E-state index is 0.244. The number of hydrogen-bond donors (Lipinski definition) is 1. The molecule has 0 saturated carbocycles. The van der Waals surface area contributed by atoms with Crippen LogP contribution in [0.25, 0.3) is 27.3 Å². The van der Waals surface area contributed by atoms with Crippen LogP contribution in [0.2, 0.25) is 0 Å². The lowest BCUT2D eigenvalue weighted by molar-refractivity contribution is 0.0947. The molecule has 1 aromatic carbocycles. The van der Waals surface area contributed by atoms with E-state index in [0.717, 1.165) is 27.0 Å². The zero-order valence-electron chi connectivity index (χ0n) is 16.8. The molecular weight excluding hydrogens is 406 g/mol. The van der Waals surface area contributed by atoms with E-state index in [1.54, 1.807) is 28.4 Å². The number of nitrogens with zero attached hydrogens (tertiary/aromatic N) is 4. The molecule has 0 fully saturated rings. The van der Waals surface area contributed by atoms with Gasteiger partial charge in [0.2, 0.25) is 0 Å². The first kappa shape index (κ1) is 19.1. The molecule has 5 aromatic rings. The summed E-state index contributed by atoms with van der Waals surface area (Å²) in [7, 11) is 0. The molecule has 0 radical (unpaired) electrons. The van der Waals surface area contributed by atoms with E-state index in [4.69, 9.17) is 0 Å². The number of hydrogen-bond acceptors (Lipinski definition) is 5. The monoisotopic (exact) mass is 425 g/mol. The Bertz CT molecular complexity index is 1360. The van der Waals surface area contributed by atoms with Crippen LogP contribution in [-0.4, -0.2) is 25.7 Å². The van der Waals surface area contributed by atoms with E-state index in [0.29, 0.717) is 23.7 Å². The first-order chi connectivity index (χ1) is 15.2. The maximum atomic E-state index is 13.3. The van der Waals surface area contributed by atoms with E-state index in [1.165, 1.54) is 0 Å². The molecule has 6 nitrogen and oxygen atoms in total. The van der Waals surface area contributed by atoms with Gasteiger partial charge in [-0.3, -0.25) is 4.79 Å². The highest BCUT2D eigenvalue weighted by atomic mass is 32.1. The van der Waals surface area contributed by atoms with Gasteiger partial charge in [0.1, 0.15) is 0 Å². The molecule has 0 spiro atoms. The average Bonchev–Trinajstić information content (AvgIpc) is 3.46. The Morgan fingerprint density at radius 3 is 2.74 bits per heavy atom. The lowest BCUT2D eigenvalue weighted by Gasteiger charge is -2.06. The zero-order valence-corrected chi connectivity index (χ0v) is 17.6. The van der Waals surface area contributed by atoms with Gasteiger partial charge in [-0.1, -0.05) is 42.0 Å². The topological polar surface area (TPSA) is 72.7 Å². The lowest BCUT2D eigenvalue weighted by atomic mass is 10.1. The number of aryl methyl sites for hydroxylation is 1. The van der Waals surface area contributed by atoms with Crippen LogP contribution >= 0.6 is 11.3 Å². The van der Waals surface area contributed by atoms with Crippen molar-refractivity contribution in [1.82, 2.24) is 25.1 Å². The minimum Gasteiger partial charge on any atom is -0.347 e. The SMILES string of the molecule is Cc1cccc(CNC(=O)c2nn(-c3ccccn3)c3nccc(-c4cccs4)c23)c1. The van der Waals surface area contributed by atoms with Crippen molar-refractivity contribution in [3.8, 4) is 16.3 Å². The smallest absolute Gasteiger partial charge is 0.272 e. The van der Waals surface area contributed by atoms with Gasteiger partial charge < -0.3 is 5.32 Å². The van der Waals surface area contributed by atoms with Crippen LogP contribution in [0.15, 0.2) is 78.4 Å². The standard InChI is InChI=1S/C24H19N5OS/c1-16-6-4-7-17(14-16)15-27-24(30)22-21-18(19-8-5-13-31-19)10-12-26-23(21)29(28-22)20-9-2-3-11-25-20/h2-14H,15H2,1H3,(H,27,30). The number of pyridine rings is 2. The predicted molar refractivity (Wildman–Crippen MR) is 122 cm³/mol. The number of benzene rings is 1. The Kier molecular flexibility index (Phi) is 5.01. The third-order valence-electron chi connectivity index (χ3n) is 4.97. The van der Waals surface area contributed by atoms with Gasteiger partial charge in [0, 0.05) is 29.4 Å². The fraction of sp³-hybridized carbons (Fsp3) is 0.0833. The molecule has 0 aliphatic carbocycles. The molecule has 152 valence electrons. The van der Waals surface area contributed by atoms with E-state index < -0.39 is 0 Å². The van der Waals surface area contributed by atoms with Crippen LogP contribution in [0.4, 0.5) is 0 Å².